The Labute approximate surface area is 97.3 Å². The van der Waals surface area contributed by atoms with Gasteiger partial charge >= 0.3 is 0 Å². The first kappa shape index (κ1) is 9.72. The number of nitrogens with zero attached hydrogens (tertiary/aromatic N) is 2. The van der Waals surface area contributed by atoms with Crippen molar-refractivity contribution >= 4 is 17.3 Å². The van der Waals surface area contributed by atoms with Crippen LogP contribution in [-0.2, 0) is 0 Å². The molecule has 3 heterocycles. The van der Waals surface area contributed by atoms with E-state index in [9.17, 15) is 4.79 Å². The highest BCUT2D eigenvalue weighted by Gasteiger charge is 2.06. The molecule has 0 aliphatic carbocycles. The number of rotatable bonds is 2. The van der Waals surface area contributed by atoms with Crippen LogP contribution in [-0.4, -0.2) is 21.2 Å². The Morgan fingerprint density at radius 3 is 2.94 bits per heavy atom. The number of pyridine rings is 2. The Hall–Kier alpha value is -2.49. The van der Waals surface area contributed by atoms with Gasteiger partial charge in [0, 0.05) is 35.1 Å². The minimum absolute atomic E-state index is 0.616. The summed E-state index contributed by atoms with van der Waals surface area (Å²) in [6.45, 7) is 0. The first-order chi connectivity index (χ1) is 8.38. The Morgan fingerprint density at radius 2 is 2.18 bits per heavy atom. The van der Waals surface area contributed by atoms with Crippen molar-refractivity contribution in [2.75, 3.05) is 0 Å². The molecular formula is C13H9N3O. The summed E-state index contributed by atoms with van der Waals surface area (Å²) in [5.41, 5.74) is 3.08. The molecule has 4 heteroatoms. The molecule has 0 saturated heterocycles. The second-order valence-electron chi connectivity index (χ2n) is 3.70. The lowest BCUT2D eigenvalue weighted by atomic mass is 10.1. The third kappa shape index (κ3) is 1.59. The van der Waals surface area contributed by atoms with Crippen LogP contribution in [0.4, 0.5) is 0 Å². The molecule has 1 N–H and O–H groups in total. The fourth-order valence-electron chi connectivity index (χ4n) is 1.79. The third-order valence-electron chi connectivity index (χ3n) is 2.65. The molecule has 0 aliphatic heterocycles. The predicted molar refractivity (Wildman–Crippen MR) is 64.7 cm³/mol. The minimum atomic E-state index is 0.616. The summed E-state index contributed by atoms with van der Waals surface area (Å²) >= 11 is 0. The van der Waals surface area contributed by atoms with Gasteiger partial charge in [0.25, 0.3) is 0 Å². The molecular weight excluding hydrogens is 214 g/mol. The van der Waals surface area contributed by atoms with Gasteiger partial charge in [-0.05, 0) is 18.2 Å². The molecule has 82 valence electrons. The maximum absolute atomic E-state index is 10.9. The Bertz CT molecular complexity index is 673. The molecule has 0 fully saturated rings. The zero-order chi connectivity index (χ0) is 11.7. The van der Waals surface area contributed by atoms with E-state index in [1.165, 1.54) is 0 Å². The standard InChI is InChI=1S/C13H9N3O/c17-8-10-7-16-13-11(10)5-9(6-15-13)12-3-1-2-4-14-12/h1-8H,(H,15,16). The van der Waals surface area contributed by atoms with Crippen LogP contribution in [0.1, 0.15) is 10.4 Å². The number of aromatic amines is 1. The van der Waals surface area contributed by atoms with E-state index >= 15 is 0 Å². The Morgan fingerprint density at radius 1 is 1.24 bits per heavy atom. The summed E-state index contributed by atoms with van der Waals surface area (Å²) in [5, 5.41) is 0.822. The van der Waals surface area contributed by atoms with Gasteiger partial charge in [-0.3, -0.25) is 9.78 Å². The molecule has 0 aromatic carbocycles. The lowest BCUT2D eigenvalue weighted by Gasteiger charge is -1.99. The second-order valence-corrected chi connectivity index (χ2v) is 3.70. The smallest absolute Gasteiger partial charge is 0.152 e. The lowest BCUT2D eigenvalue weighted by molar-refractivity contribution is 0.112. The lowest BCUT2D eigenvalue weighted by Crippen LogP contribution is -1.85. The van der Waals surface area contributed by atoms with Crippen molar-refractivity contribution in [3.63, 3.8) is 0 Å². The number of hydrogen-bond donors (Lipinski definition) is 1. The van der Waals surface area contributed by atoms with Gasteiger partial charge in [0.2, 0.25) is 0 Å². The molecule has 17 heavy (non-hydrogen) atoms. The van der Waals surface area contributed by atoms with E-state index in [0.29, 0.717) is 11.2 Å². The third-order valence-corrected chi connectivity index (χ3v) is 2.65. The molecule has 0 bridgehead atoms. The van der Waals surface area contributed by atoms with Crippen molar-refractivity contribution in [3.8, 4) is 11.3 Å². The topological polar surface area (TPSA) is 58.6 Å². The van der Waals surface area contributed by atoms with Gasteiger partial charge in [0.05, 0.1) is 5.69 Å². The molecule has 0 spiro atoms. The number of aldehydes is 1. The van der Waals surface area contributed by atoms with E-state index in [1.807, 2.05) is 24.3 Å². The zero-order valence-electron chi connectivity index (χ0n) is 8.92. The highest BCUT2D eigenvalue weighted by molar-refractivity contribution is 5.97. The molecule has 0 atom stereocenters. The second kappa shape index (κ2) is 3.83. The summed E-state index contributed by atoms with van der Waals surface area (Å²) in [5.74, 6) is 0. The molecule has 3 aromatic heterocycles. The van der Waals surface area contributed by atoms with Crippen molar-refractivity contribution in [3.05, 3.63) is 48.4 Å². The van der Waals surface area contributed by atoms with Gasteiger partial charge in [0.15, 0.2) is 6.29 Å². The summed E-state index contributed by atoms with van der Waals surface area (Å²) < 4.78 is 0. The van der Waals surface area contributed by atoms with E-state index < -0.39 is 0 Å². The van der Waals surface area contributed by atoms with Gasteiger partial charge in [-0.2, -0.15) is 0 Å². The fourth-order valence-corrected chi connectivity index (χ4v) is 1.79. The average Bonchev–Trinajstić information content (AvgIpc) is 2.81. The van der Waals surface area contributed by atoms with Gasteiger partial charge < -0.3 is 4.98 Å². The van der Waals surface area contributed by atoms with E-state index in [1.54, 1.807) is 18.6 Å². The van der Waals surface area contributed by atoms with Gasteiger partial charge in [0.1, 0.15) is 5.65 Å². The van der Waals surface area contributed by atoms with Crippen LogP contribution in [0.5, 0.6) is 0 Å². The van der Waals surface area contributed by atoms with Crippen LogP contribution in [0.3, 0.4) is 0 Å². The van der Waals surface area contributed by atoms with E-state index in [0.717, 1.165) is 22.9 Å². The zero-order valence-corrected chi connectivity index (χ0v) is 8.92. The first-order valence-corrected chi connectivity index (χ1v) is 5.22. The molecule has 4 nitrogen and oxygen atoms in total. The van der Waals surface area contributed by atoms with E-state index in [2.05, 4.69) is 15.0 Å². The van der Waals surface area contributed by atoms with Gasteiger partial charge in [-0.1, -0.05) is 6.07 Å². The molecule has 0 radical (unpaired) electrons. The van der Waals surface area contributed by atoms with Crippen LogP contribution in [0.25, 0.3) is 22.3 Å². The van der Waals surface area contributed by atoms with Gasteiger partial charge in [-0.25, -0.2) is 4.98 Å². The van der Waals surface area contributed by atoms with Crippen LogP contribution in [0.2, 0.25) is 0 Å². The Kier molecular flexibility index (Phi) is 2.19. The van der Waals surface area contributed by atoms with E-state index in [4.69, 9.17) is 0 Å². The number of hydrogen-bond acceptors (Lipinski definition) is 3. The summed E-state index contributed by atoms with van der Waals surface area (Å²) in [6.07, 6.45) is 5.96. The predicted octanol–water partition coefficient (Wildman–Crippen LogP) is 2.44. The SMILES string of the molecule is O=Cc1c[nH]c2ncc(-c3ccccn3)cc12. The number of aromatic nitrogens is 3. The first-order valence-electron chi connectivity index (χ1n) is 5.22. The minimum Gasteiger partial charge on any atom is -0.345 e. The van der Waals surface area contributed by atoms with Crippen molar-refractivity contribution in [1.82, 2.24) is 15.0 Å². The average molecular weight is 223 g/mol. The summed E-state index contributed by atoms with van der Waals surface area (Å²) in [4.78, 5) is 22.3. The van der Waals surface area contributed by atoms with Crippen LogP contribution in [0.15, 0.2) is 42.9 Å². The normalized spacial score (nSPS) is 10.6. The summed E-state index contributed by atoms with van der Waals surface area (Å²) in [6, 6.07) is 7.62. The number of nitrogens with one attached hydrogen (secondary N) is 1. The van der Waals surface area contributed by atoms with Crippen molar-refractivity contribution in [1.29, 1.82) is 0 Å². The van der Waals surface area contributed by atoms with Crippen molar-refractivity contribution in [2.24, 2.45) is 0 Å². The van der Waals surface area contributed by atoms with Crippen molar-refractivity contribution < 1.29 is 4.79 Å². The van der Waals surface area contributed by atoms with E-state index in [-0.39, 0.29) is 0 Å². The van der Waals surface area contributed by atoms with Crippen LogP contribution < -0.4 is 0 Å². The monoisotopic (exact) mass is 223 g/mol. The number of carbonyl (C=O) groups is 1. The van der Waals surface area contributed by atoms with Crippen LogP contribution in [0, 0.1) is 0 Å². The molecule has 0 aliphatic rings. The fraction of sp³-hybridized carbons (Fsp3) is 0. The molecule has 3 rings (SSSR count). The number of H-pyrrole nitrogens is 1. The number of carbonyl (C=O) groups excluding carboxylic acids is 1. The number of fused-ring (bicyclic) bond motifs is 1. The molecule has 0 saturated carbocycles. The maximum Gasteiger partial charge on any atom is 0.152 e. The molecule has 0 unspecified atom stereocenters. The highest BCUT2D eigenvalue weighted by atomic mass is 16.1. The highest BCUT2D eigenvalue weighted by Crippen LogP contribution is 2.22. The Balaban J connectivity index is 2.22. The largest absolute Gasteiger partial charge is 0.345 e. The molecule has 0 amide bonds. The van der Waals surface area contributed by atoms with Crippen molar-refractivity contribution in [2.45, 2.75) is 0 Å². The quantitative estimate of drug-likeness (QED) is 0.679. The van der Waals surface area contributed by atoms with Crippen LogP contribution >= 0.6 is 0 Å². The summed E-state index contributed by atoms with van der Waals surface area (Å²) in [7, 11) is 0. The molecule has 3 aromatic rings. The maximum atomic E-state index is 10.9. The van der Waals surface area contributed by atoms with Gasteiger partial charge in [-0.15, -0.1) is 0 Å².